The van der Waals surface area contributed by atoms with E-state index in [4.69, 9.17) is 17.2 Å². The van der Waals surface area contributed by atoms with Crippen LogP contribution < -0.4 is 43.8 Å². The van der Waals surface area contributed by atoms with Crippen LogP contribution in [-0.2, 0) is 41.6 Å². The Morgan fingerprint density at radius 3 is 2.17 bits per heavy atom. The van der Waals surface area contributed by atoms with Gasteiger partial charge in [-0.05, 0) is 31.4 Å². The second-order valence-corrected chi connectivity index (χ2v) is 11.0. The van der Waals surface area contributed by atoms with Crippen LogP contribution in [-0.4, -0.2) is 101 Å². The monoisotopic (exact) mass is 666 g/mol. The van der Waals surface area contributed by atoms with Gasteiger partial charge in [0.05, 0.1) is 32.0 Å². The first kappa shape index (κ1) is 36.7. The number of para-hydroxylation sites is 1. The number of amides is 5. The summed E-state index contributed by atoms with van der Waals surface area (Å²) >= 11 is 0. The molecule has 18 heteroatoms. The van der Waals surface area contributed by atoms with Crippen LogP contribution in [0.2, 0.25) is 0 Å². The first-order valence-electron chi connectivity index (χ1n) is 15.2. The molecule has 3 unspecified atom stereocenters. The van der Waals surface area contributed by atoms with Gasteiger partial charge in [-0.3, -0.25) is 33.8 Å². The van der Waals surface area contributed by atoms with Crippen LogP contribution in [0.4, 0.5) is 0 Å². The molecular weight excluding hydrogens is 624 g/mol. The molecule has 3 aromatic rings. The molecule has 0 radical (unpaired) electrons. The minimum absolute atomic E-state index is 0.0971. The number of imidazole rings is 1. The molecular formula is C30H42N12O6. The molecule has 3 atom stereocenters. The Hall–Kier alpha value is -5.78. The molecule has 0 aliphatic heterocycles. The highest BCUT2D eigenvalue weighted by Crippen LogP contribution is 2.19. The summed E-state index contributed by atoms with van der Waals surface area (Å²) in [5.74, 6) is -3.62. The molecule has 258 valence electrons. The third-order valence-electron chi connectivity index (χ3n) is 7.04. The predicted molar refractivity (Wildman–Crippen MR) is 176 cm³/mol. The van der Waals surface area contributed by atoms with Gasteiger partial charge in [0.25, 0.3) is 0 Å². The van der Waals surface area contributed by atoms with Crippen LogP contribution in [0.1, 0.15) is 31.0 Å². The smallest absolute Gasteiger partial charge is 0.243 e. The Kier molecular flexibility index (Phi) is 14.1. The minimum Gasteiger partial charge on any atom is -0.370 e. The average molecular weight is 667 g/mol. The molecule has 0 saturated heterocycles. The molecule has 0 saturated carbocycles. The zero-order valence-electron chi connectivity index (χ0n) is 26.5. The average Bonchev–Trinajstić information content (AvgIpc) is 3.72. The van der Waals surface area contributed by atoms with Crippen molar-refractivity contribution in [3.8, 4) is 0 Å². The van der Waals surface area contributed by atoms with Gasteiger partial charge in [0.1, 0.15) is 17.9 Å². The normalized spacial score (nSPS) is 12.6. The molecule has 2 heterocycles. The van der Waals surface area contributed by atoms with E-state index in [9.17, 15) is 28.8 Å². The van der Waals surface area contributed by atoms with Crippen molar-refractivity contribution < 1.29 is 28.8 Å². The lowest BCUT2D eigenvalue weighted by molar-refractivity contribution is -0.132. The molecule has 0 bridgehead atoms. The molecule has 0 fully saturated rings. The quantitative estimate of drug-likeness (QED) is 0.0350. The van der Waals surface area contributed by atoms with Crippen LogP contribution in [0.15, 0.2) is 48.0 Å². The summed E-state index contributed by atoms with van der Waals surface area (Å²) in [6.07, 6.45) is 5.38. The maximum absolute atomic E-state index is 13.1. The van der Waals surface area contributed by atoms with Gasteiger partial charge in [-0.1, -0.05) is 18.2 Å². The number of nitrogens with two attached hydrogens (primary N) is 3. The van der Waals surface area contributed by atoms with Gasteiger partial charge in [0, 0.05) is 48.4 Å². The van der Waals surface area contributed by atoms with E-state index in [1.165, 1.54) is 19.4 Å². The third kappa shape index (κ3) is 12.2. The second kappa shape index (κ2) is 18.4. The van der Waals surface area contributed by atoms with Crippen LogP contribution >= 0.6 is 0 Å². The number of Topliss-reactive ketones (excluding diaryl/α,β-unsaturated/α-hetero) is 1. The van der Waals surface area contributed by atoms with E-state index in [1.807, 2.05) is 24.3 Å². The predicted octanol–water partition coefficient (Wildman–Crippen LogP) is -3.04. The fourth-order valence-corrected chi connectivity index (χ4v) is 4.64. The van der Waals surface area contributed by atoms with Crippen molar-refractivity contribution in [2.75, 3.05) is 26.2 Å². The Bertz CT molecular complexity index is 1600. The van der Waals surface area contributed by atoms with Crippen molar-refractivity contribution in [1.29, 1.82) is 0 Å². The highest BCUT2D eigenvalue weighted by atomic mass is 16.2. The zero-order chi connectivity index (χ0) is 35.1. The van der Waals surface area contributed by atoms with Gasteiger partial charge in [-0.2, -0.15) is 0 Å². The van der Waals surface area contributed by atoms with E-state index in [0.717, 1.165) is 16.5 Å². The standard InChI is InChI=1S/C30H42N12O6/c1-17(43)11-37-29(48)24(9-18-12-36-22-6-3-2-5-20(18)22)42-26(45)15-39-28(47)23(7-4-8-35-30(32)33)41-25(44)14-38-27(46)21(31)10-19-13-34-16-40-19/h2-3,5-6,12-13,16,21,23-24,36H,4,7-11,14-15,31H2,1H3,(H,34,40)(H,37,48)(H,38,46)(H,39,47)(H,41,44)(H,42,45)(H4,32,33,35). The Morgan fingerprint density at radius 1 is 0.854 bits per heavy atom. The fraction of sp³-hybridized carbons (Fsp3) is 0.400. The summed E-state index contributed by atoms with van der Waals surface area (Å²) < 4.78 is 0. The fourth-order valence-electron chi connectivity index (χ4n) is 4.64. The number of aromatic nitrogens is 3. The Morgan fingerprint density at radius 2 is 1.50 bits per heavy atom. The van der Waals surface area contributed by atoms with E-state index in [2.05, 4.69) is 46.5 Å². The van der Waals surface area contributed by atoms with Gasteiger partial charge in [-0.25, -0.2) is 4.98 Å². The van der Waals surface area contributed by atoms with E-state index < -0.39 is 60.8 Å². The number of nitrogens with zero attached hydrogens (tertiary/aromatic N) is 2. The van der Waals surface area contributed by atoms with E-state index in [1.54, 1.807) is 6.20 Å². The van der Waals surface area contributed by atoms with Crippen LogP contribution in [0, 0.1) is 0 Å². The molecule has 1 aromatic carbocycles. The largest absolute Gasteiger partial charge is 0.370 e. The number of carbonyl (C=O) groups is 6. The number of nitrogens with one attached hydrogen (secondary N) is 7. The number of hydrogen-bond acceptors (Lipinski definition) is 9. The number of benzene rings is 1. The summed E-state index contributed by atoms with van der Waals surface area (Å²) in [6.45, 7) is 0.294. The van der Waals surface area contributed by atoms with Gasteiger partial charge in [0.2, 0.25) is 29.5 Å². The van der Waals surface area contributed by atoms with Crippen molar-refractivity contribution in [2.24, 2.45) is 22.2 Å². The minimum atomic E-state index is -1.11. The topological polar surface area (TPSA) is 297 Å². The van der Waals surface area contributed by atoms with Crippen LogP contribution in [0.25, 0.3) is 10.9 Å². The Labute approximate surface area is 275 Å². The molecule has 3 rings (SSSR count). The van der Waals surface area contributed by atoms with Crippen LogP contribution in [0.3, 0.4) is 0 Å². The first-order valence-corrected chi connectivity index (χ1v) is 15.2. The highest BCUT2D eigenvalue weighted by molar-refractivity contribution is 5.95. The first-order chi connectivity index (χ1) is 22.9. The number of guanidine groups is 1. The van der Waals surface area contributed by atoms with E-state index in [-0.39, 0.29) is 44.1 Å². The molecule has 0 spiro atoms. The summed E-state index contributed by atoms with van der Waals surface area (Å²) in [7, 11) is 0. The SMILES string of the molecule is CC(=O)CNC(=O)C(Cc1c[nH]c2ccccc12)NC(=O)CNC(=O)C(CCCN=C(N)N)NC(=O)CNC(=O)C(N)Cc1cnc[nH]1. The number of aromatic amines is 2. The van der Waals surface area contributed by atoms with E-state index >= 15 is 0 Å². The number of rotatable bonds is 19. The molecule has 0 aliphatic carbocycles. The van der Waals surface area contributed by atoms with Crippen molar-refractivity contribution in [3.05, 3.63) is 54.2 Å². The molecule has 0 aliphatic rings. The Balaban J connectivity index is 1.59. The van der Waals surface area contributed by atoms with Crippen molar-refractivity contribution in [1.82, 2.24) is 41.5 Å². The van der Waals surface area contributed by atoms with Crippen LogP contribution in [0.5, 0.6) is 0 Å². The van der Waals surface area contributed by atoms with Gasteiger partial charge < -0.3 is 53.8 Å². The number of fused-ring (bicyclic) bond motifs is 1. The second-order valence-electron chi connectivity index (χ2n) is 11.0. The summed E-state index contributed by atoms with van der Waals surface area (Å²) in [5.41, 5.74) is 18.9. The third-order valence-corrected chi connectivity index (χ3v) is 7.04. The number of ketones is 1. The van der Waals surface area contributed by atoms with Crippen molar-refractivity contribution in [2.45, 2.75) is 50.7 Å². The lowest BCUT2D eigenvalue weighted by Gasteiger charge is -2.20. The lowest BCUT2D eigenvalue weighted by Crippen LogP contribution is -2.54. The molecule has 18 nitrogen and oxygen atoms in total. The van der Waals surface area contributed by atoms with Crippen molar-refractivity contribution >= 4 is 52.2 Å². The maximum atomic E-state index is 13.1. The molecule has 48 heavy (non-hydrogen) atoms. The summed E-state index contributed by atoms with van der Waals surface area (Å²) in [6, 6.07) is 4.32. The molecule has 13 N–H and O–H groups in total. The molecule has 5 amide bonds. The lowest BCUT2D eigenvalue weighted by atomic mass is 10.0. The van der Waals surface area contributed by atoms with Gasteiger partial charge in [0.15, 0.2) is 5.96 Å². The maximum Gasteiger partial charge on any atom is 0.243 e. The van der Waals surface area contributed by atoms with Gasteiger partial charge in [-0.15, -0.1) is 0 Å². The summed E-state index contributed by atoms with van der Waals surface area (Å²) in [4.78, 5) is 89.2. The number of aliphatic imine (C=N–C) groups is 1. The summed E-state index contributed by atoms with van der Waals surface area (Å²) in [5, 5.41) is 13.4. The highest BCUT2D eigenvalue weighted by Gasteiger charge is 2.25. The number of hydrogen-bond donors (Lipinski definition) is 10. The number of H-pyrrole nitrogens is 2. The van der Waals surface area contributed by atoms with E-state index in [0.29, 0.717) is 12.1 Å². The van der Waals surface area contributed by atoms with Crippen molar-refractivity contribution in [3.63, 3.8) is 0 Å². The molecule has 2 aromatic heterocycles. The number of carbonyl (C=O) groups excluding carboxylic acids is 6. The zero-order valence-corrected chi connectivity index (χ0v) is 26.5. The van der Waals surface area contributed by atoms with Gasteiger partial charge >= 0.3 is 0 Å².